The van der Waals surface area contributed by atoms with Crippen molar-refractivity contribution in [2.75, 3.05) is 17.6 Å². The number of nitrogens with one attached hydrogen (secondary N) is 1. The number of rotatable bonds is 4. The van der Waals surface area contributed by atoms with E-state index in [4.69, 9.17) is 0 Å². The predicted molar refractivity (Wildman–Crippen MR) is 67.4 cm³/mol. The van der Waals surface area contributed by atoms with Gasteiger partial charge in [0.2, 0.25) is 5.91 Å². The molecular formula is C10H18BrNO3S. The van der Waals surface area contributed by atoms with Crippen LogP contribution < -0.4 is 5.32 Å². The van der Waals surface area contributed by atoms with E-state index in [1.54, 1.807) is 0 Å². The fourth-order valence-electron chi connectivity index (χ4n) is 1.69. The van der Waals surface area contributed by atoms with Gasteiger partial charge in [-0.3, -0.25) is 4.79 Å². The van der Waals surface area contributed by atoms with Gasteiger partial charge in [0.25, 0.3) is 0 Å². The number of hydrogen-bond donors (Lipinski definition) is 1. The number of carbonyl (C=O) groups excluding carboxylic acids is 1. The third-order valence-corrected chi connectivity index (χ3v) is 6.04. The van der Waals surface area contributed by atoms with Gasteiger partial charge in [0.15, 0.2) is 9.84 Å². The third-order valence-electron chi connectivity index (χ3n) is 2.76. The first kappa shape index (κ1) is 14.0. The highest BCUT2D eigenvalue weighted by Crippen LogP contribution is 2.19. The molecule has 0 aromatic carbocycles. The van der Waals surface area contributed by atoms with Gasteiger partial charge in [0.05, 0.1) is 5.75 Å². The molecular weight excluding hydrogens is 294 g/mol. The van der Waals surface area contributed by atoms with Gasteiger partial charge in [-0.05, 0) is 18.8 Å². The molecule has 94 valence electrons. The maximum atomic E-state index is 11.7. The summed E-state index contributed by atoms with van der Waals surface area (Å²) >= 11 is 3.31. The fraction of sp³-hybridized carbons (Fsp3) is 0.900. The van der Waals surface area contributed by atoms with E-state index in [-0.39, 0.29) is 11.7 Å². The van der Waals surface area contributed by atoms with Gasteiger partial charge in [-0.25, -0.2) is 8.42 Å². The Labute approximate surface area is 105 Å². The predicted octanol–water partition coefficient (Wildman–Crippen LogP) is 1.10. The standard InChI is InChI=1S/C10H18BrNO3S/c1-8(6-11)7-12-10(13)9-4-2-3-5-16(9,14)15/h8-9H,2-7H2,1H3,(H,12,13). The molecule has 1 aliphatic rings. The van der Waals surface area contributed by atoms with Crippen molar-refractivity contribution in [1.82, 2.24) is 5.32 Å². The monoisotopic (exact) mass is 311 g/mol. The molecule has 0 aromatic heterocycles. The number of halogens is 1. The molecule has 0 spiro atoms. The highest BCUT2D eigenvalue weighted by atomic mass is 79.9. The molecule has 6 heteroatoms. The van der Waals surface area contributed by atoms with Crippen LogP contribution in [0.2, 0.25) is 0 Å². The zero-order valence-corrected chi connectivity index (χ0v) is 11.8. The van der Waals surface area contributed by atoms with Crippen molar-refractivity contribution in [3.05, 3.63) is 0 Å². The molecule has 0 aliphatic carbocycles. The van der Waals surface area contributed by atoms with Crippen LogP contribution in [0.4, 0.5) is 0 Å². The van der Waals surface area contributed by atoms with E-state index in [9.17, 15) is 13.2 Å². The molecule has 0 bridgehead atoms. The topological polar surface area (TPSA) is 63.2 Å². The zero-order valence-electron chi connectivity index (χ0n) is 9.41. The lowest BCUT2D eigenvalue weighted by Crippen LogP contribution is -2.44. The van der Waals surface area contributed by atoms with Crippen LogP contribution in [0, 0.1) is 5.92 Å². The van der Waals surface area contributed by atoms with Crippen molar-refractivity contribution >= 4 is 31.7 Å². The molecule has 16 heavy (non-hydrogen) atoms. The van der Waals surface area contributed by atoms with Crippen molar-refractivity contribution in [3.63, 3.8) is 0 Å². The lowest BCUT2D eigenvalue weighted by Gasteiger charge is -2.22. The van der Waals surface area contributed by atoms with E-state index in [2.05, 4.69) is 21.2 Å². The van der Waals surface area contributed by atoms with Gasteiger partial charge < -0.3 is 5.32 Å². The number of hydrogen-bond acceptors (Lipinski definition) is 3. The average molecular weight is 312 g/mol. The van der Waals surface area contributed by atoms with Crippen LogP contribution in [0.1, 0.15) is 26.2 Å². The molecule has 1 N–H and O–H groups in total. The highest BCUT2D eigenvalue weighted by molar-refractivity contribution is 9.09. The minimum Gasteiger partial charge on any atom is -0.355 e. The van der Waals surface area contributed by atoms with Crippen molar-refractivity contribution in [2.24, 2.45) is 5.92 Å². The molecule has 0 saturated carbocycles. The van der Waals surface area contributed by atoms with Crippen molar-refractivity contribution < 1.29 is 13.2 Å². The molecule has 1 fully saturated rings. The lowest BCUT2D eigenvalue weighted by molar-refractivity contribution is -0.121. The van der Waals surface area contributed by atoms with E-state index >= 15 is 0 Å². The van der Waals surface area contributed by atoms with E-state index < -0.39 is 15.1 Å². The Hall–Kier alpha value is -0.100. The smallest absolute Gasteiger partial charge is 0.238 e. The second-order valence-electron chi connectivity index (χ2n) is 4.36. The van der Waals surface area contributed by atoms with Gasteiger partial charge in [0, 0.05) is 11.9 Å². The summed E-state index contributed by atoms with van der Waals surface area (Å²) in [4.78, 5) is 11.7. The van der Waals surface area contributed by atoms with E-state index in [1.165, 1.54) is 0 Å². The number of sulfone groups is 1. The van der Waals surface area contributed by atoms with Gasteiger partial charge >= 0.3 is 0 Å². The van der Waals surface area contributed by atoms with Crippen molar-refractivity contribution in [1.29, 1.82) is 0 Å². The Balaban J connectivity index is 2.53. The van der Waals surface area contributed by atoms with Crippen molar-refractivity contribution in [2.45, 2.75) is 31.4 Å². The van der Waals surface area contributed by atoms with Crippen LogP contribution >= 0.6 is 15.9 Å². The molecule has 0 radical (unpaired) electrons. The lowest BCUT2D eigenvalue weighted by atomic mass is 10.1. The summed E-state index contributed by atoms with van der Waals surface area (Å²) < 4.78 is 23.3. The molecule has 1 rings (SSSR count). The van der Waals surface area contributed by atoms with Crippen LogP contribution in [0.5, 0.6) is 0 Å². The minimum absolute atomic E-state index is 0.152. The first-order valence-electron chi connectivity index (χ1n) is 5.52. The second-order valence-corrected chi connectivity index (χ2v) is 7.31. The first-order chi connectivity index (χ1) is 7.47. The number of alkyl halides is 1. The Morgan fingerprint density at radius 3 is 2.75 bits per heavy atom. The summed E-state index contributed by atoms with van der Waals surface area (Å²) in [5.74, 6) is 0.141. The van der Waals surface area contributed by atoms with Crippen LogP contribution in [-0.2, 0) is 14.6 Å². The number of amides is 1. The Bertz CT molecular complexity index is 342. The molecule has 1 saturated heterocycles. The van der Waals surface area contributed by atoms with Gasteiger partial charge in [-0.1, -0.05) is 29.3 Å². The van der Waals surface area contributed by atoms with E-state index in [1.807, 2.05) is 6.92 Å². The van der Waals surface area contributed by atoms with Crippen LogP contribution in [0.25, 0.3) is 0 Å². The fourth-order valence-corrected chi connectivity index (χ4v) is 3.75. The first-order valence-corrected chi connectivity index (χ1v) is 8.36. The summed E-state index contributed by atoms with van der Waals surface area (Å²) in [7, 11) is -3.20. The van der Waals surface area contributed by atoms with E-state index in [0.29, 0.717) is 25.3 Å². The summed E-state index contributed by atoms with van der Waals surface area (Å²) in [6.45, 7) is 2.51. The quantitative estimate of drug-likeness (QED) is 0.791. The SMILES string of the molecule is CC(CBr)CNC(=O)C1CCCCS1(=O)=O. The molecule has 4 nitrogen and oxygen atoms in total. The van der Waals surface area contributed by atoms with E-state index in [0.717, 1.165) is 11.8 Å². The van der Waals surface area contributed by atoms with Gasteiger partial charge in [-0.15, -0.1) is 0 Å². The molecule has 2 atom stereocenters. The van der Waals surface area contributed by atoms with Crippen LogP contribution in [0.15, 0.2) is 0 Å². The maximum absolute atomic E-state index is 11.7. The third kappa shape index (κ3) is 3.73. The second kappa shape index (κ2) is 6.00. The number of carbonyl (C=O) groups is 1. The maximum Gasteiger partial charge on any atom is 0.238 e. The van der Waals surface area contributed by atoms with Crippen molar-refractivity contribution in [3.8, 4) is 0 Å². The molecule has 1 heterocycles. The van der Waals surface area contributed by atoms with Gasteiger partial charge in [-0.2, -0.15) is 0 Å². The molecule has 2 unspecified atom stereocenters. The Morgan fingerprint density at radius 2 is 2.19 bits per heavy atom. The summed E-state index contributed by atoms with van der Waals surface area (Å²) in [5.41, 5.74) is 0. The molecule has 0 aromatic rings. The molecule has 1 amide bonds. The van der Waals surface area contributed by atoms with Gasteiger partial charge in [0.1, 0.15) is 5.25 Å². The van der Waals surface area contributed by atoms with Crippen LogP contribution in [-0.4, -0.2) is 37.2 Å². The highest BCUT2D eigenvalue weighted by Gasteiger charge is 2.34. The largest absolute Gasteiger partial charge is 0.355 e. The minimum atomic E-state index is -3.20. The Morgan fingerprint density at radius 1 is 1.50 bits per heavy atom. The average Bonchev–Trinajstić information content (AvgIpc) is 2.24. The Kier molecular flexibility index (Phi) is 5.24. The normalized spacial score (nSPS) is 26.0. The van der Waals surface area contributed by atoms with Crippen LogP contribution in [0.3, 0.4) is 0 Å². The summed E-state index contributed by atoms with van der Waals surface area (Å²) in [6.07, 6.45) is 1.98. The molecule has 1 aliphatic heterocycles. The summed E-state index contributed by atoms with van der Waals surface area (Å²) in [5, 5.41) is 2.69. The summed E-state index contributed by atoms with van der Waals surface area (Å²) in [6, 6.07) is 0. The zero-order chi connectivity index (χ0) is 12.2.